The summed E-state index contributed by atoms with van der Waals surface area (Å²) in [6.45, 7) is 16.0. The van der Waals surface area contributed by atoms with E-state index in [9.17, 15) is 0 Å². The number of piperidine rings is 1. The van der Waals surface area contributed by atoms with Gasteiger partial charge in [-0.15, -0.1) is 24.0 Å². The number of halogens is 1. The van der Waals surface area contributed by atoms with Crippen LogP contribution in [-0.2, 0) is 4.74 Å². The van der Waals surface area contributed by atoms with Crippen LogP contribution in [0.15, 0.2) is 4.99 Å². The van der Waals surface area contributed by atoms with Crippen LogP contribution in [0.5, 0.6) is 0 Å². The zero-order valence-corrected chi connectivity index (χ0v) is 19.2. The fourth-order valence-electron chi connectivity index (χ4n) is 3.42. The summed E-state index contributed by atoms with van der Waals surface area (Å²) in [7, 11) is 0. The Morgan fingerprint density at radius 2 is 1.69 bits per heavy atom. The summed E-state index contributed by atoms with van der Waals surface area (Å²) in [5, 5.41) is 6.81. The molecule has 2 rings (SSSR count). The van der Waals surface area contributed by atoms with Gasteiger partial charge in [0.2, 0.25) is 0 Å². The molecular formula is C19H40IN5O. The van der Waals surface area contributed by atoms with Crippen LogP contribution in [0.2, 0.25) is 0 Å². The van der Waals surface area contributed by atoms with Crippen LogP contribution in [0.25, 0.3) is 0 Å². The Morgan fingerprint density at radius 1 is 1.00 bits per heavy atom. The molecule has 0 aromatic heterocycles. The molecule has 0 radical (unpaired) electrons. The van der Waals surface area contributed by atoms with Gasteiger partial charge in [0.25, 0.3) is 0 Å². The number of aliphatic imine (C=N–C) groups is 1. The lowest BCUT2D eigenvalue weighted by molar-refractivity contribution is 0.0389. The van der Waals surface area contributed by atoms with Gasteiger partial charge in [-0.2, -0.15) is 0 Å². The van der Waals surface area contributed by atoms with E-state index < -0.39 is 0 Å². The molecule has 0 spiro atoms. The number of likely N-dealkylation sites (tertiary alicyclic amines) is 1. The van der Waals surface area contributed by atoms with E-state index >= 15 is 0 Å². The second-order valence-electron chi connectivity index (χ2n) is 7.37. The van der Waals surface area contributed by atoms with E-state index in [1.165, 1.54) is 45.3 Å². The summed E-state index contributed by atoms with van der Waals surface area (Å²) in [4.78, 5) is 9.79. The molecule has 2 fully saturated rings. The first-order valence-corrected chi connectivity index (χ1v) is 10.3. The van der Waals surface area contributed by atoms with Crippen LogP contribution in [0.3, 0.4) is 0 Å². The van der Waals surface area contributed by atoms with Crippen LogP contribution in [0.1, 0.15) is 39.5 Å². The van der Waals surface area contributed by atoms with Crippen molar-refractivity contribution < 1.29 is 4.74 Å². The highest BCUT2D eigenvalue weighted by Crippen LogP contribution is 2.16. The van der Waals surface area contributed by atoms with Crippen molar-refractivity contribution in [1.29, 1.82) is 0 Å². The van der Waals surface area contributed by atoms with Crippen molar-refractivity contribution >= 4 is 29.9 Å². The number of nitrogens with zero attached hydrogens (tertiary/aromatic N) is 3. The molecule has 0 aromatic rings. The van der Waals surface area contributed by atoms with Crippen molar-refractivity contribution in [3.05, 3.63) is 0 Å². The number of hydrogen-bond donors (Lipinski definition) is 2. The molecular weight excluding hydrogens is 441 g/mol. The normalized spacial score (nSPS) is 20.6. The topological polar surface area (TPSA) is 52.1 Å². The van der Waals surface area contributed by atoms with Gasteiger partial charge in [0.05, 0.1) is 13.2 Å². The molecule has 0 saturated carbocycles. The Morgan fingerprint density at radius 3 is 2.38 bits per heavy atom. The van der Waals surface area contributed by atoms with Crippen molar-refractivity contribution in [3.8, 4) is 0 Å². The van der Waals surface area contributed by atoms with E-state index in [1.807, 2.05) is 0 Å². The molecule has 2 aliphatic heterocycles. The van der Waals surface area contributed by atoms with Crippen molar-refractivity contribution in [2.45, 2.75) is 39.5 Å². The third kappa shape index (κ3) is 10.3. The van der Waals surface area contributed by atoms with Crippen LogP contribution >= 0.6 is 24.0 Å². The second kappa shape index (κ2) is 14.9. The van der Waals surface area contributed by atoms with Crippen molar-refractivity contribution in [3.63, 3.8) is 0 Å². The molecule has 26 heavy (non-hydrogen) atoms. The Labute approximate surface area is 177 Å². The number of nitrogens with one attached hydrogen (secondary N) is 2. The largest absolute Gasteiger partial charge is 0.379 e. The number of morpholine rings is 1. The van der Waals surface area contributed by atoms with Crippen LogP contribution < -0.4 is 10.6 Å². The first-order chi connectivity index (χ1) is 12.3. The van der Waals surface area contributed by atoms with E-state index in [4.69, 9.17) is 9.73 Å². The van der Waals surface area contributed by atoms with Gasteiger partial charge in [-0.05, 0) is 58.2 Å². The Kier molecular flexibility index (Phi) is 13.7. The molecule has 0 atom stereocenters. The van der Waals surface area contributed by atoms with Crippen LogP contribution in [0.4, 0.5) is 0 Å². The Bertz CT molecular complexity index is 369. The molecule has 6 nitrogen and oxygen atoms in total. The summed E-state index contributed by atoms with van der Waals surface area (Å²) in [6, 6.07) is 0. The molecule has 2 heterocycles. The quantitative estimate of drug-likeness (QED) is 0.229. The van der Waals surface area contributed by atoms with Gasteiger partial charge in [-0.1, -0.05) is 6.92 Å². The lowest BCUT2D eigenvalue weighted by Crippen LogP contribution is -2.44. The van der Waals surface area contributed by atoms with Crippen LogP contribution in [0, 0.1) is 5.92 Å². The Hall–Kier alpha value is -0.120. The average molecular weight is 481 g/mol. The lowest BCUT2D eigenvalue weighted by atomic mass is 9.99. The number of hydrogen-bond acceptors (Lipinski definition) is 4. The minimum Gasteiger partial charge on any atom is -0.379 e. The number of guanidine groups is 1. The molecule has 2 N–H and O–H groups in total. The van der Waals surface area contributed by atoms with Gasteiger partial charge >= 0.3 is 0 Å². The molecule has 2 saturated heterocycles. The smallest absolute Gasteiger partial charge is 0.191 e. The van der Waals surface area contributed by atoms with E-state index in [0.717, 1.165) is 64.4 Å². The van der Waals surface area contributed by atoms with Crippen molar-refractivity contribution in [2.24, 2.45) is 10.9 Å². The van der Waals surface area contributed by atoms with Gasteiger partial charge < -0.3 is 20.3 Å². The van der Waals surface area contributed by atoms with Gasteiger partial charge in [-0.3, -0.25) is 9.89 Å². The van der Waals surface area contributed by atoms with E-state index in [-0.39, 0.29) is 24.0 Å². The second-order valence-corrected chi connectivity index (χ2v) is 7.37. The first kappa shape index (κ1) is 23.9. The standard InChI is InChI=1S/C19H39N5O.HI/c1-3-20-19(22-9-13-24-14-16-25-17-15-24)21-8-4-5-10-23-11-6-18(2)7-12-23;/h18H,3-17H2,1-2H3,(H2,20,21,22);1H. The van der Waals surface area contributed by atoms with Gasteiger partial charge in [-0.25, -0.2) is 0 Å². The third-order valence-corrected chi connectivity index (χ3v) is 5.20. The molecule has 2 aliphatic rings. The fourth-order valence-corrected chi connectivity index (χ4v) is 3.42. The summed E-state index contributed by atoms with van der Waals surface area (Å²) < 4.78 is 5.39. The zero-order valence-electron chi connectivity index (χ0n) is 16.8. The monoisotopic (exact) mass is 481 g/mol. The fraction of sp³-hybridized carbons (Fsp3) is 0.947. The summed E-state index contributed by atoms with van der Waals surface area (Å²) in [5.74, 6) is 1.88. The summed E-state index contributed by atoms with van der Waals surface area (Å²) in [5.41, 5.74) is 0. The predicted molar refractivity (Wildman–Crippen MR) is 121 cm³/mol. The zero-order chi connectivity index (χ0) is 17.7. The van der Waals surface area contributed by atoms with Crippen molar-refractivity contribution in [1.82, 2.24) is 20.4 Å². The SMILES string of the molecule is CCNC(=NCCCCN1CCC(C)CC1)NCCN1CCOCC1.I. The molecule has 0 aromatic carbocycles. The summed E-state index contributed by atoms with van der Waals surface area (Å²) in [6.07, 6.45) is 5.17. The maximum absolute atomic E-state index is 5.39. The highest BCUT2D eigenvalue weighted by molar-refractivity contribution is 14.0. The Balaban J connectivity index is 0.00000338. The van der Waals surface area contributed by atoms with Gasteiger partial charge in [0, 0.05) is 39.3 Å². The minimum atomic E-state index is 0. The maximum atomic E-state index is 5.39. The van der Waals surface area contributed by atoms with E-state index in [2.05, 4.69) is 34.3 Å². The molecule has 154 valence electrons. The molecule has 0 amide bonds. The predicted octanol–water partition coefficient (Wildman–Crippen LogP) is 2.00. The van der Waals surface area contributed by atoms with Gasteiger partial charge in [0.1, 0.15) is 0 Å². The molecule has 0 unspecified atom stereocenters. The molecule has 0 bridgehead atoms. The van der Waals surface area contributed by atoms with Crippen LogP contribution in [-0.4, -0.2) is 87.9 Å². The number of unbranched alkanes of at least 4 members (excludes halogenated alkanes) is 1. The number of ether oxygens (including phenoxy) is 1. The molecule has 7 heteroatoms. The number of rotatable bonds is 9. The third-order valence-electron chi connectivity index (χ3n) is 5.20. The highest BCUT2D eigenvalue weighted by Gasteiger charge is 2.14. The summed E-state index contributed by atoms with van der Waals surface area (Å²) >= 11 is 0. The maximum Gasteiger partial charge on any atom is 0.191 e. The van der Waals surface area contributed by atoms with E-state index in [0.29, 0.717) is 0 Å². The average Bonchev–Trinajstić information content (AvgIpc) is 2.64. The minimum absolute atomic E-state index is 0. The lowest BCUT2D eigenvalue weighted by Gasteiger charge is -2.30. The van der Waals surface area contributed by atoms with Gasteiger partial charge in [0.15, 0.2) is 5.96 Å². The van der Waals surface area contributed by atoms with Crippen molar-refractivity contribution in [2.75, 3.05) is 72.1 Å². The van der Waals surface area contributed by atoms with E-state index in [1.54, 1.807) is 0 Å². The highest BCUT2D eigenvalue weighted by atomic mass is 127. The first-order valence-electron chi connectivity index (χ1n) is 10.3. The molecule has 0 aliphatic carbocycles.